The lowest BCUT2D eigenvalue weighted by molar-refractivity contribution is -0.154. The molecule has 1 heterocycles. The molecule has 1 atom stereocenters. The Labute approximate surface area is 134 Å². The number of sulfonamides is 1. The molecule has 1 rings (SSSR count). The average molecular weight is 348 g/mol. The summed E-state index contributed by atoms with van der Waals surface area (Å²) in [5.41, 5.74) is -0.446. The summed E-state index contributed by atoms with van der Waals surface area (Å²) >= 11 is 1.04. The standard InChI is InChI=1S/C13H20N2O5S2/c1-9(12(17)15-13(2,3)4)20-10(16)8-14-22(18,19)11-6-5-7-21-11/h5-7,9,14H,8H2,1-4H3,(H,15,17). The molecule has 0 aliphatic rings. The number of ether oxygens (including phenoxy) is 1. The third kappa shape index (κ3) is 6.12. The van der Waals surface area contributed by atoms with Crippen LogP contribution in [0.3, 0.4) is 0 Å². The van der Waals surface area contributed by atoms with Gasteiger partial charge >= 0.3 is 5.97 Å². The molecule has 124 valence electrons. The van der Waals surface area contributed by atoms with E-state index in [0.717, 1.165) is 11.3 Å². The number of hydrogen-bond acceptors (Lipinski definition) is 6. The van der Waals surface area contributed by atoms with Crippen molar-refractivity contribution >= 4 is 33.2 Å². The Morgan fingerprint density at radius 2 is 2.00 bits per heavy atom. The van der Waals surface area contributed by atoms with E-state index in [-0.39, 0.29) is 4.21 Å². The molecule has 1 unspecified atom stereocenters. The smallest absolute Gasteiger partial charge is 0.321 e. The number of carbonyl (C=O) groups is 2. The van der Waals surface area contributed by atoms with Crippen LogP contribution in [-0.2, 0) is 24.3 Å². The van der Waals surface area contributed by atoms with E-state index in [2.05, 4.69) is 10.0 Å². The molecule has 2 N–H and O–H groups in total. The average Bonchev–Trinajstić information content (AvgIpc) is 2.89. The van der Waals surface area contributed by atoms with Gasteiger partial charge in [-0.25, -0.2) is 8.42 Å². The van der Waals surface area contributed by atoms with Crippen LogP contribution in [-0.4, -0.2) is 38.5 Å². The lowest BCUT2D eigenvalue weighted by Gasteiger charge is -2.23. The first-order valence-corrected chi connectivity index (χ1v) is 8.92. The highest BCUT2D eigenvalue weighted by Crippen LogP contribution is 2.14. The van der Waals surface area contributed by atoms with Crippen LogP contribution in [0.2, 0.25) is 0 Å². The highest BCUT2D eigenvalue weighted by atomic mass is 32.2. The molecule has 9 heteroatoms. The molecule has 0 aliphatic heterocycles. The topological polar surface area (TPSA) is 102 Å². The van der Waals surface area contributed by atoms with Crippen molar-refractivity contribution in [3.05, 3.63) is 17.5 Å². The van der Waals surface area contributed by atoms with Crippen LogP contribution in [0, 0.1) is 0 Å². The maximum atomic E-state index is 11.8. The van der Waals surface area contributed by atoms with Gasteiger partial charge in [0.1, 0.15) is 10.8 Å². The van der Waals surface area contributed by atoms with Gasteiger partial charge < -0.3 is 10.1 Å². The molecule has 1 aromatic rings. The number of esters is 1. The van der Waals surface area contributed by atoms with Crippen molar-refractivity contribution in [3.63, 3.8) is 0 Å². The maximum absolute atomic E-state index is 11.8. The van der Waals surface area contributed by atoms with Gasteiger partial charge in [0.25, 0.3) is 15.9 Å². The van der Waals surface area contributed by atoms with Crippen LogP contribution in [0.25, 0.3) is 0 Å². The molecule has 0 saturated carbocycles. The first-order valence-electron chi connectivity index (χ1n) is 6.56. The van der Waals surface area contributed by atoms with Crippen molar-refractivity contribution in [2.45, 2.75) is 43.5 Å². The quantitative estimate of drug-likeness (QED) is 0.743. The minimum absolute atomic E-state index is 0.110. The number of rotatable bonds is 6. The number of hydrogen-bond donors (Lipinski definition) is 2. The van der Waals surface area contributed by atoms with E-state index in [1.54, 1.807) is 32.2 Å². The number of nitrogens with one attached hydrogen (secondary N) is 2. The van der Waals surface area contributed by atoms with Crippen LogP contribution in [0.4, 0.5) is 0 Å². The Kier molecular flexibility index (Phi) is 6.09. The maximum Gasteiger partial charge on any atom is 0.321 e. The highest BCUT2D eigenvalue weighted by Gasteiger charge is 2.23. The van der Waals surface area contributed by atoms with E-state index in [4.69, 9.17) is 4.74 Å². The first-order chi connectivity index (χ1) is 10.0. The number of amides is 1. The van der Waals surface area contributed by atoms with Crippen molar-refractivity contribution in [2.75, 3.05) is 6.54 Å². The summed E-state index contributed by atoms with van der Waals surface area (Å²) in [5.74, 6) is -1.27. The monoisotopic (exact) mass is 348 g/mol. The zero-order chi connectivity index (χ0) is 17.0. The molecule has 0 aromatic carbocycles. The van der Waals surface area contributed by atoms with Gasteiger partial charge in [0.05, 0.1) is 0 Å². The van der Waals surface area contributed by atoms with Crippen molar-refractivity contribution in [1.29, 1.82) is 0 Å². The summed E-state index contributed by atoms with van der Waals surface area (Å²) in [6.45, 7) is 6.29. The summed E-state index contributed by atoms with van der Waals surface area (Å²) in [6, 6.07) is 3.02. The van der Waals surface area contributed by atoms with Gasteiger partial charge in [-0.05, 0) is 39.1 Å². The summed E-state index contributed by atoms with van der Waals surface area (Å²) in [5, 5.41) is 4.28. The van der Waals surface area contributed by atoms with Gasteiger partial charge in [0.15, 0.2) is 6.10 Å². The minimum Gasteiger partial charge on any atom is -0.452 e. The second kappa shape index (κ2) is 7.21. The third-order valence-corrected chi connectivity index (χ3v) is 5.14. The van der Waals surface area contributed by atoms with Crippen LogP contribution < -0.4 is 10.0 Å². The van der Waals surface area contributed by atoms with Gasteiger partial charge in [-0.2, -0.15) is 4.72 Å². The molecule has 0 radical (unpaired) electrons. The second-order valence-corrected chi connectivity index (χ2v) is 8.57. The van der Waals surface area contributed by atoms with Crippen LogP contribution in [0.1, 0.15) is 27.7 Å². The van der Waals surface area contributed by atoms with E-state index >= 15 is 0 Å². The van der Waals surface area contributed by atoms with Crippen molar-refractivity contribution in [2.24, 2.45) is 0 Å². The van der Waals surface area contributed by atoms with E-state index in [1.807, 2.05) is 0 Å². The number of carbonyl (C=O) groups excluding carboxylic acids is 2. The van der Waals surface area contributed by atoms with Gasteiger partial charge in [-0.1, -0.05) is 6.07 Å². The Bertz CT molecular complexity index is 617. The fourth-order valence-corrected chi connectivity index (χ4v) is 3.41. The third-order valence-electron chi connectivity index (χ3n) is 2.34. The van der Waals surface area contributed by atoms with E-state index in [9.17, 15) is 18.0 Å². The zero-order valence-corrected chi connectivity index (χ0v) is 14.5. The Hall–Kier alpha value is -1.45. The van der Waals surface area contributed by atoms with Gasteiger partial charge in [0.2, 0.25) is 0 Å². The largest absolute Gasteiger partial charge is 0.452 e. The van der Waals surface area contributed by atoms with Crippen LogP contribution in [0.5, 0.6) is 0 Å². The fourth-order valence-electron chi connectivity index (χ4n) is 1.41. The molecule has 1 aromatic heterocycles. The molecule has 1 amide bonds. The number of thiophene rings is 1. The molecule has 7 nitrogen and oxygen atoms in total. The van der Waals surface area contributed by atoms with E-state index < -0.39 is 40.1 Å². The molecular formula is C13H20N2O5S2. The van der Waals surface area contributed by atoms with Crippen LogP contribution >= 0.6 is 11.3 Å². The zero-order valence-electron chi connectivity index (χ0n) is 12.9. The van der Waals surface area contributed by atoms with Gasteiger partial charge in [0, 0.05) is 5.54 Å². The lowest BCUT2D eigenvalue weighted by Crippen LogP contribution is -2.46. The van der Waals surface area contributed by atoms with E-state index in [0.29, 0.717) is 0 Å². The van der Waals surface area contributed by atoms with Crippen molar-refractivity contribution < 1.29 is 22.7 Å². The predicted molar refractivity (Wildman–Crippen MR) is 83.0 cm³/mol. The Morgan fingerprint density at radius 3 is 2.50 bits per heavy atom. The SMILES string of the molecule is CC(OC(=O)CNS(=O)(=O)c1cccs1)C(=O)NC(C)(C)C. The summed E-state index contributed by atoms with van der Waals surface area (Å²) in [6.07, 6.45) is -1.00. The molecule has 0 aliphatic carbocycles. The molecular weight excluding hydrogens is 328 g/mol. The first kappa shape index (κ1) is 18.6. The Balaban J connectivity index is 2.48. The summed E-state index contributed by atoms with van der Waals surface area (Å²) in [7, 11) is -3.73. The molecule has 0 spiro atoms. The highest BCUT2D eigenvalue weighted by molar-refractivity contribution is 7.91. The van der Waals surface area contributed by atoms with Crippen molar-refractivity contribution in [3.8, 4) is 0 Å². The summed E-state index contributed by atoms with van der Waals surface area (Å²) in [4.78, 5) is 23.4. The second-order valence-electron chi connectivity index (χ2n) is 5.63. The normalized spacial score (nSPS) is 13.5. The van der Waals surface area contributed by atoms with Gasteiger partial charge in [-0.15, -0.1) is 11.3 Å². The van der Waals surface area contributed by atoms with Gasteiger partial charge in [-0.3, -0.25) is 9.59 Å². The minimum atomic E-state index is -3.73. The van der Waals surface area contributed by atoms with E-state index in [1.165, 1.54) is 13.0 Å². The molecule has 0 saturated heterocycles. The molecule has 0 fully saturated rings. The summed E-state index contributed by atoms with van der Waals surface area (Å²) < 4.78 is 30.8. The lowest BCUT2D eigenvalue weighted by atomic mass is 10.1. The Morgan fingerprint density at radius 1 is 1.36 bits per heavy atom. The van der Waals surface area contributed by atoms with Crippen molar-refractivity contribution in [1.82, 2.24) is 10.0 Å². The van der Waals surface area contributed by atoms with Crippen LogP contribution in [0.15, 0.2) is 21.7 Å². The molecule has 22 heavy (non-hydrogen) atoms. The fraction of sp³-hybridized carbons (Fsp3) is 0.538. The molecule has 0 bridgehead atoms. The predicted octanol–water partition coefficient (Wildman–Crippen LogP) is 0.873.